The topological polar surface area (TPSA) is 3.24 Å². The first kappa shape index (κ1) is 10.5. The number of likely N-dealkylation sites (tertiary alicyclic amines) is 1. The van der Waals surface area contributed by atoms with E-state index in [2.05, 4.69) is 23.1 Å². The number of thiophene rings is 1. The van der Waals surface area contributed by atoms with Crippen LogP contribution in [0.25, 0.3) is 6.08 Å². The van der Waals surface area contributed by atoms with Gasteiger partial charge in [0.25, 0.3) is 0 Å². The molecule has 0 radical (unpaired) electrons. The van der Waals surface area contributed by atoms with Crippen molar-refractivity contribution in [3.8, 4) is 0 Å². The maximum Gasteiger partial charge on any atom is 0.0328 e. The van der Waals surface area contributed by atoms with Gasteiger partial charge in [0.1, 0.15) is 0 Å². The highest BCUT2D eigenvalue weighted by molar-refractivity contribution is 7.13. The molecule has 1 aliphatic carbocycles. The fraction of sp³-hybridized carbons (Fsp3) is 0.571. The quantitative estimate of drug-likeness (QED) is 0.753. The summed E-state index contributed by atoms with van der Waals surface area (Å²) in [6, 6.07) is 2.44. The van der Waals surface area contributed by atoms with Crippen LogP contribution < -0.4 is 0 Å². The van der Waals surface area contributed by atoms with E-state index in [0.29, 0.717) is 0 Å². The number of rotatable bonds is 2. The number of fused-ring (bicyclic) bond motifs is 1. The first-order valence-corrected chi connectivity index (χ1v) is 7.24. The van der Waals surface area contributed by atoms with Gasteiger partial charge in [0, 0.05) is 16.3 Å². The van der Waals surface area contributed by atoms with Crippen LogP contribution in [0, 0.1) is 0 Å². The number of allylic oxidation sites excluding steroid dienone is 1. The fourth-order valence-electron chi connectivity index (χ4n) is 2.68. The summed E-state index contributed by atoms with van der Waals surface area (Å²) in [5, 5.41) is 0. The molecule has 0 saturated carbocycles. The Morgan fingerprint density at radius 3 is 2.88 bits per heavy atom. The molecule has 0 unspecified atom stereocenters. The molecule has 1 aromatic heterocycles. The van der Waals surface area contributed by atoms with Crippen LogP contribution in [-0.2, 0) is 13.0 Å². The molecular weight excluding hydrogens is 214 g/mol. The molecule has 1 aliphatic heterocycles. The predicted octanol–water partition coefficient (Wildman–Crippen LogP) is 3.69. The van der Waals surface area contributed by atoms with Gasteiger partial charge in [-0.2, -0.15) is 0 Å². The summed E-state index contributed by atoms with van der Waals surface area (Å²) in [7, 11) is 0. The number of nitrogens with zero attached hydrogens (tertiary/aromatic N) is 1. The van der Waals surface area contributed by atoms with Crippen molar-refractivity contribution in [2.45, 2.75) is 38.6 Å². The lowest BCUT2D eigenvalue weighted by Crippen LogP contribution is -2.28. The van der Waals surface area contributed by atoms with E-state index in [1.165, 1.54) is 56.6 Å². The molecule has 0 aromatic carbocycles. The minimum Gasteiger partial charge on any atom is -0.298 e. The Bertz CT molecular complexity index is 385. The zero-order valence-electron chi connectivity index (χ0n) is 9.74. The van der Waals surface area contributed by atoms with Crippen molar-refractivity contribution in [2.24, 2.45) is 0 Å². The molecule has 0 N–H and O–H groups in total. The second kappa shape index (κ2) is 4.72. The normalized spacial score (nSPS) is 21.0. The van der Waals surface area contributed by atoms with Gasteiger partial charge >= 0.3 is 0 Å². The molecular formula is C14H19NS. The van der Waals surface area contributed by atoms with E-state index in [-0.39, 0.29) is 0 Å². The Morgan fingerprint density at radius 1 is 1.19 bits per heavy atom. The van der Waals surface area contributed by atoms with E-state index in [1.807, 2.05) is 11.3 Å². The minimum absolute atomic E-state index is 1.19. The van der Waals surface area contributed by atoms with E-state index < -0.39 is 0 Å². The zero-order valence-corrected chi connectivity index (χ0v) is 10.6. The molecule has 86 valence electrons. The van der Waals surface area contributed by atoms with Crippen LogP contribution in [0.15, 0.2) is 12.1 Å². The first-order chi connectivity index (χ1) is 7.92. The van der Waals surface area contributed by atoms with Crippen LogP contribution in [-0.4, -0.2) is 18.0 Å². The van der Waals surface area contributed by atoms with Gasteiger partial charge in [-0.05, 0) is 56.5 Å². The molecule has 16 heavy (non-hydrogen) atoms. The summed E-state index contributed by atoms with van der Waals surface area (Å²) in [5.41, 5.74) is 1.58. The van der Waals surface area contributed by atoms with E-state index in [1.54, 1.807) is 10.4 Å². The van der Waals surface area contributed by atoms with Gasteiger partial charge in [0.05, 0.1) is 0 Å². The molecule has 2 aliphatic rings. The smallest absolute Gasteiger partial charge is 0.0328 e. The molecule has 1 nitrogen and oxygen atoms in total. The molecule has 1 fully saturated rings. The van der Waals surface area contributed by atoms with Crippen LogP contribution in [0.3, 0.4) is 0 Å². The summed E-state index contributed by atoms with van der Waals surface area (Å²) in [4.78, 5) is 5.70. The first-order valence-electron chi connectivity index (χ1n) is 6.42. The summed E-state index contributed by atoms with van der Waals surface area (Å²) in [6.07, 6.45) is 11.3. The summed E-state index contributed by atoms with van der Waals surface area (Å²) in [6.45, 7) is 3.79. The molecule has 1 saturated heterocycles. The number of hydrogen-bond donors (Lipinski definition) is 0. The van der Waals surface area contributed by atoms with E-state index in [9.17, 15) is 0 Å². The van der Waals surface area contributed by atoms with Crippen LogP contribution in [0.5, 0.6) is 0 Å². The van der Waals surface area contributed by atoms with Gasteiger partial charge in [-0.25, -0.2) is 0 Å². The van der Waals surface area contributed by atoms with E-state index in [4.69, 9.17) is 0 Å². The molecule has 0 amide bonds. The van der Waals surface area contributed by atoms with Crippen molar-refractivity contribution >= 4 is 17.4 Å². The van der Waals surface area contributed by atoms with Crippen molar-refractivity contribution < 1.29 is 0 Å². The third-order valence-electron chi connectivity index (χ3n) is 3.57. The second-order valence-corrected chi connectivity index (χ2v) is 6.05. The molecule has 0 atom stereocenters. The summed E-state index contributed by atoms with van der Waals surface area (Å²) >= 11 is 2.00. The maximum atomic E-state index is 2.62. The lowest BCUT2D eigenvalue weighted by atomic mass is 10.1. The molecule has 2 heterocycles. The van der Waals surface area contributed by atoms with Crippen molar-refractivity contribution in [1.82, 2.24) is 4.90 Å². The monoisotopic (exact) mass is 233 g/mol. The van der Waals surface area contributed by atoms with Crippen LogP contribution in [0.1, 0.15) is 41.0 Å². The molecule has 0 bridgehead atoms. The molecule has 3 rings (SSSR count). The Balaban J connectivity index is 1.70. The standard InChI is InChI=1S/C14H19NS/c1-4-8-15(9-5-1)11-13-10-12-6-2-3-7-14(12)16-13/h3,7,10H,1-2,4-6,8-9,11H2. The number of aryl methyl sites for hydroxylation is 1. The van der Waals surface area contributed by atoms with Gasteiger partial charge in [-0.3, -0.25) is 4.90 Å². The highest BCUT2D eigenvalue weighted by Gasteiger charge is 2.14. The second-order valence-electron chi connectivity index (χ2n) is 4.88. The molecule has 2 heteroatoms. The molecule has 1 aromatic rings. The average molecular weight is 233 g/mol. The highest BCUT2D eigenvalue weighted by atomic mass is 32.1. The van der Waals surface area contributed by atoms with Crippen molar-refractivity contribution in [3.63, 3.8) is 0 Å². The summed E-state index contributed by atoms with van der Waals surface area (Å²) in [5.74, 6) is 0. The van der Waals surface area contributed by atoms with Crippen LogP contribution in [0.2, 0.25) is 0 Å². The van der Waals surface area contributed by atoms with Gasteiger partial charge < -0.3 is 0 Å². The van der Waals surface area contributed by atoms with Gasteiger partial charge in [0.2, 0.25) is 0 Å². The third kappa shape index (κ3) is 2.23. The van der Waals surface area contributed by atoms with E-state index in [0.717, 1.165) is 0 Å². The van der Waals surface area contributed by atoms with Gasteiger partial charge in [0.15, 0.2) is 0 Å². The van der Waals surface area contributed by atoms with Gasteiger partial charge in [-0.15, -0.1) is 11.3 Å². The Labute approximate surface area is 102 Å². The largest absolute Gasteiger partial charge is 0.298 e. The van der Waals surface area contributed by atoms with E-state index >= 15 is 0 Å². The molecule has 0 spiro atoms. The van der Waals surface area contributed by atoms with Crippen molar-refractivity contribution in [2.75, 3.05) is 13.1 Å². The fourth-order valence-corrected chi connectivity index (χ4v) is 3.87. The lowest BCUT2D eigenvalue weighted by molar-refractivity contribution is 0.222. The van der Waals surface area contributed by atoms with Crippen molar-refractivity contribution in [1.29, 1.82) is 0 Å². The number of hydrogen-bond acceptors (Lipinski definition) is 2. The maximum absolute atomic E-state index is 2.62. The SMILES string of the molecule is C1=Cc2sc(CN3CCCCC3)cc2CC1. The Hall–Kier alpha value is -0.600. The zero-order chi connectivity index (χ0) is 10.8. The van der Waals surface area contributed by atoms with Crippen LogP contribution in [0.4, 0.5) is 0 Å². The highest BCUT2D eigenvalue weighted by Crippen LogP contribution is 2.29. The average Bonchev–Trinajstić information content (AvgIpc) is 2.72. The van der Waals surface area contributed by atoms with Gasteiger partial charge in [-0.1, -0.05) is 12.5 Å². The van der Waals surface area contributed by atoms with Crippen molar-refractivity contribution in [3.05, 3.63) is 27.5 Å². The minimum atomic E-state index is 1.19. The Kier molecular flexibility index (Phi) is 3.11. The Morgan fingerprint density at radius 2 is 2.06 bits per heavy atom. The summed E-state index contributed by atoms with van der Waals surface area (Å²) < 4.78 is 0. The predicted molar refractivity (Wildman–Crippen MR) is 70.8 cm³/mol. The lowest BCUT2D eigenvalue weighted by Gasteiger charge is -2.25. The number of piperidine rings is 1. The third-order valence-corrected chi connectivity index (χ3v) is 4.70. The van der Waals surface area contributed by atoms with Crippen LogP contribution >= 0.6 is 11.3 Å².